The summed E-state index contributed by atoms with van der Waals surface area (Å²) in [6, 6.07) is 8.60. The average molecular weight is 249 g/mol. The van der Waals surface area contributed by atoms with Gasteiger partial charge in [-0.15, -0.1) is 6.42 Å². The highest BCUT2D eigenvalue weighted by molar-refractivity contribution is 6.33. The van der Waals surface area contributed by atoms with Crippen LogP contribution in [0.2, 0.25) is 5.02 Å². The van der Waals surface area contributed by atoms with Gasteiger partial charge in [0.15, 0.2) is 0 Å². The normalized spacial score (nSPS) is 10.0. The van der Waals surface area contributed by atoms with Crippen LogP contribution in [0.5, 0.6) is 0 Å². The van der Waals surface area contributed by atoms with Crippen LogP contribution in [0.1, 0.15) is 5.56 Å². The molecule has 0 fully saturated rings. The van der Waals surface area contributed by atoms with Crippen LogP contribution in [0, 0.1) is 24.0 Å². The standard InChI is InChI=1S/C14H7ClF2/c1-2-9-7-10(16)8-13(17)14(9)11-5-3-4-6-12(11)15/h1,3-8H. The molecule has 0 saturated heterocycles. The lowest BCUT2D eigenvalue weighted by Crippen LogP contribution is -1.92. The van der Waals surface area contributed by atoms with Crippen molar-refractivity contribution in [1.29, 1.82) is 0 Å². The largest absolute Gasteiger partial charge is 0.207 e. The van der Waals surface area contributed by atoms with Crippen LogP contribution in [-0.2, 0) is 0 Å². The molecule has 0 saturated carbocycles. The second kappa shape index (κ2) is 4.57. The van der Waals surface area contributed by atoms with Crippen molar-refractivity contribution in [3.8, 4) is 23.5 Å². The molecule has 0 bridgehead atoms. The van der Waals surface area contributed by atoms with Gasteiger partial charge in [0.25, 0.3) is 0 Å². The Morgan fingerprint density at radius 3 is 2.47 bits per heavy atom. The molecule has 0 N–H and O–H groups in total. The molecule has 84 valence electrons. The maximum atomic E-state index is 13.8. The number of hydrogen-bond acceptors (Lipinski definition) is 0. The summed E-state index contributed by atoms with van der Waals surface area (Å²) in [6.45, 7) is 0. The topological polar surface area (TPSA) is 0 Å². The van der Waals surface area contributed by atoms with E-state index in [4.69, 9.17) is 18.0 Å². The van der Waals surface area contributed by atoms with Gasteiger partial charge in [0, 0.05) is 27.8 Å². The Hall–Kier alpha value is -1.85. The molecule has 0 aliphatic heterocycles. The van der Waals surface area contributed by atoms with E-state index < -0.39 is 11.6 Å². The van der Waals surface area contributed by atoms with Crippen molar-refractivity contribution in [2.45, 2.75) is 0 Å². The number of halogens is 3. The molecule has 0 nitrogen and oxygen atoms in total. The Balaban J connectivity index is 2.77. The van der Waals surface area contributed by atoms with E-state index >= 15 is 0 Å². The lowest BCUT2D eigenvalue weighted by Gasteiger charge is -2.08. The smallest absolute Gasteiger partial charge is 0.135 e. The van der Waals surface area contributed by atoms with Crippen molar-refractivity contribution in [2.24, 2.45) is 0 Å². The van der Waals surface area contributed by atoms with E-state index in [2.05, 4.69) is 5.92 Å². The summed E-state index contributed by atoms with van der Waals surface area (Å²) in [5, 5.41) is 0.370. The molecule has 2 aromatic rings. The van der Waals surface area contributed by atoms with Gasteiger partial charge >= 0.3 is 0 Å². The molecule has 2 aromatic carbocycles. The number of terminal acetylenes is 1. The second-order valence-electron chi connectivity index (χ2n) is 3.43. The lowest BCUT2D eigenvalue weighted by atomic mass is 9.99. The average Bonchev–Trinajstić information content (AvgIpc) is 2.29. The third kappa shape index (κ3) is 2.15. The van der Waals surface area contributed by atoms with Crippen LogP contribution in [0.25, 0.3) is 11.1 Å². The number of benzene rings is 2. The quantitative estimate of drug-likeness (QED) is 0.662. The first-order chi connectivity index (χ1) is 8.13. The lowest BCUT2D eigenvalue weighted by molar-refractivity contribution is 0.585. The summed E-state index contributed by atoms with van der Waals surface area (Å²) >= 11 is 5.97. The molecule has 0 radical (unpaired) electrons. The fourth-order valence-corrected chi connectivity index (χ4v) is 1.86. The SMILES string of the molecule is C#Cc1cc(F)cc(F)c1-c1ccccc1Cl. The minimum atomic E-state index is -0.717. The summed E-state index contributed by atoms with van der Waals surface area (Å²) in [6.07, 6.45) is 5.25. The molecule has 0 aliphatic rings. The third-order valence-corrected chi connectivity index (χ3v) is 2.68. The highest BCUT2D eigenvalue weighted by Gasteiger charge is 2.14. The van der Waals surface area contributed by atoms with Crippen molar-refractivity contribution < 1.29 is 8.78 Å². The van der Waals surface area contributed by atoms with Gasteiger partial charge in [0.1, 0.15) is 11.6 Å². The van der Waals surface area contributed by atoms with Gasteiger partial charge in [-0.25, -0.2) is 8.78 Å². The molecule has 3 heteroatoms. The summed E-state index contributed by atoms with van der Waals surface area (Å²) in [4.78, 5) is 0. The molecule has 0 atom stereocenters. The van der Waals surface area contributed by atoms with Gasteiger partial charge in [0.2, 0.25) is 0 Å². The van der Waals surface area contributed by atoms with Crippen molar-refractivity contribution in [3.63, 3.8) is 0 Å². The Labute approximate surface area is 103 Å². The highest BCUT2D eigenvalue weighted by atomic mass is 35.5. The van der Waals surface area contributed by atoms with E-state index in [0.29, 0.717) is 10.6 Å². The second-order valence-corrected chi connectivity index (χ2v) is 3.84. The zero-order valence-electron chi connectivity index (χ0n) is 8.68. The molecule has 0 spiro atoms. The number of rotatable bonds is 1. The molecular formula is C14H7ClF2. The van der Waals surface area contributed by atoms with Gasteiger partial charge in [0.05, 0.1) is 0 Å². The molecule has 2 rings (SSSR count). The highest BCUT2D eigenvalue weighted by Crippen LogP contribution is 2.32. The predicted molar refractivity (Wildman–Crippen MR) is 64.7 cm³/mol. The zero-order valence-corrected chi connectivity index (χ0v) is 9.43. The molecule has 0 aliphatic carbocycles. The Bertz CT molecular complexity index is 612. The summed E-state index contributed by atoms with van der Waals surface area (Å²) in [7, 11) is 0. The minimum absolute atomic E-state index is 0.149. The van der Waals surface area contributed by atoms with E-state index in [9.17, 15) is 8.78 Å². The third-order valence-electron chi connectivity index (χ3n) is 2.35. The van der Waals surface area contributed by atoms with E-state index in [1.54, 1.807) is 24.3 Å². The van der Waals surface area contributed by atoms with Gasteiger partial charge in [-0.3, -0.25) is 0 Å². The maximum Gasteiger partial charge on any atom is 0.135 e. The monoisotopic (exact) mass is 248 g/mol. The first-order valence-electron chi connectivity index (χ1n) is 4.84. The Kier molecular flexibility index (Phi) is 3.12. The van der Waals surface area contributed by atoms with Crippen molar-refractivity contribution in [1.82, 2.24) is 0 Å². The van der Waals surface area contributed by atoms with Crippen LogP contribution in [-0.4, -0.2) is 0 Å². The van der Waals surface area contributed by atoms with Crippen molar-refractivity contribution in [3.05, 3.63) is 58.6 Å². The molecule has 0 unspecified atom stereocenters. The first-order valence-corrected chi connectivity index (χ1v) is 5.22. The zero-order chi connectivity index (χ0) is 12.4. The van der Waals surface area contributed by atoms with Crippen LogP contribution in [0.4, 0.5) is 8.78 Å². The first kappa shape index (κ1) is 11.6. The van der Waals surface area contributed by atoms with Gasteiger partial charge < -0.3 is 0 Å². The van der Waals surface area contributed by atoms with E-state index in [-0.39, 0.29) is 11.1 Å². The van der Waals surface area contributed by atoms with Gasteiger partial charge in [-0.1, -0.05) is 35.7 Å². The fraction of sp³-hybridized carbons (Fsp3) is 0. The summed E-state index contributed by atoms with van der Waals surface area (Å²) < 4.78 is 26.8. The van der Waals surface area contributed by atoms with Gasteiger partial charge in [-0.05, 0) is 12.1 Å². The van der Waals surface area contributed by atoms with Crippen LogP contribution >= 0.6 is 11.6 Å². The molecule has 0 aromatic heterocycles. The number of hydrogen-bond donors (Lipinski definition) is 0. The van der Waals surface area contributed by atoms with E-state index in [1.807, 2.05) is 0 Å². The van der Waals surface area contributed by atoms with E-state index in [1.165, 1.54) is 0 Å². The van der Waals surface area contributed by atoms with Crippen molar-refractivity contribution in [2.75, 3.05) is 0 Å². The van der Waals surface area contributed by atoms with Crippen LogP contribution < -0.4 is 0 Å². The fourth-order valence-electron chi connectivity index (χ4n) is 1.63. The molecule has 0 amide bonds. The summed E-state index contributed by atoms with van der Waals surface area (Å²) in [5.41, 5.74) is 0.759. The summed E-state index contributed by atoms with van der Waals surface area (Å²) in [5.74, 6) is 0.845. The maximum absolute atomic E-state index is 13.8. The van der Waals surface area contributed by atoms with Gasteiger partial charge in [-0.2, -0.15) is 0 Å². The van der Waals surface area contributed by atoms with Crippen molar-refractivity contribution >= 4 is 11.6 Å². The minimum Gasteiger partial charge on any atom is -0.207 e. The van der Waals surface area contributed by atoms with E-state index in [0.717, 1.165) is 12.1 Å². The Morgan fingerprint density at radius 2 is 1.82 bits per heavy atom. The predicted octanol–water partition coefficient (Wildman–Crippen LogP) is 4.27. The van der Waals surface area contributed by atoms with Crippen LogP contribution in [0.15, 0.2) is 36.4 Å². The molecule has 17 heavy (non-hydrogen) atoms. The van der Waals surface area contributed by atoms with Crippen LogP contribution in [0.3, 0.4) is 0 Å². The Morgan fingerprint density at radius 1 is 1.12 bits per heavy atom. The molecular weight excluding hydrogens is 242 g/mol. The molecule has 0 heterocycles.